The molecule has 0 aliphatic heterocycles. The molecule has 1 saturated carbocycles. The van der Waals surface area contributed by atoms with Crippen LogP contribution >= 0.6 is 0 Å². The van der Waals surface area contributed by atoms with Gasteiger partial charge in [-0.05, 0) is 32.6 Å². The highest BCUT2D eigenvalue weighted by Gasteiger charge is 2.26. The maximum Gasteiger partial charge on any atom is 0.293 e. The Hall–Kier alpha value is -1.32. The summed E-state index contributed by atoms with van der Waals surface area (Å²) < 4.78 is 1.71. The van der Waals surface area contributed by atoms with Crippen molar-refractivity contribution in [1.29, 1.82) is 0 Å². The molecular weight excluding hydrogens is 202 g/mol. The third-order valence-corrected chi connectivity index (χ3v) is 3.14. The summed E-state index contributed by atoms with van der Waals surface area (Å²) in [6, 6.07) is 0.606. The van der Waals surface area contributed by atoms with Crippen LogP contribution in [0.5, 0.6) is 0 Å². The minimum atomic E-state index is -0.0166. The highest BCUT2D eigenvalue weighted by Crippen LogP contribution is 2.28. The van der Waals surface area contributed by atoms with E-state index in [-0.39, 0.29) is 11.6 Å². The van der Waals surface area contributed by atoms with E-state index in [0.717, 1.165) is 18.8 Å². The lowest BCUT2D eigenvalue weighted by molar-refractivity contribution is 0.308. The Bertz CT molecular complexity index is 419. The van der Waals surface area contributed by atoms with Gasteiger partial charge in [-0.15, -0.1) is 0 Å². The molecule has 4 nitrogen and oxygen atoms in total. The zero-order valence-electron chi connectivity index (χ0n) is 10.1. The van der Waals surface area contributed by atoms with Crippen molar-refractivity contribution in [3.8, 4) is 0 Å². The molecule has 1 aliphatic carbocycles. The molecule has 2 rings (SSSR count). The molecular formula is C12H19N3O. The van der Waals surface area contributed by atoms with Gasteiger partial charge < -0.3 is 9.88 Å². The number of hydrogen-bond donors (Lipinski definition) is 1. The third-order valence-electron chi connectivity index (χ3n) is 3.14. The molecule has 0 saturated heterocycles. The summed E-state index contributed by atoms with van der Waals surface area (Å²) in [5.41, 5.74) is -0.0166. The summed E-state index contributed by atoms with van der Waals surface area (Å²) in [6.07, 6.45) is 5.70. The molecule has 1 aromatic heterocycles. The summed E-state index contributed by atoms with van der Waals surface area (Å²) in [6.45, 7) is 6.22. The fourth-order valence-corrected chi connectivity index (χ4v) is 2.14. The summed E-state index contributed by atoms with van der Waals surface area (Å²) >= 11 is 0. The first kappa shape index (κ1) is 11.2. The molecule has 4 heteroatoms. The van der Waals surface area contributed by atoms with Crippen molar-refractivity contribution >= 4 is 5.82 Å². The molecule has 88 valence electrons. The van der Waals surface area contributed by atoms with Crippen LogP contribution in [-0.4, -0.2) is 15.6 Å². The average Bonchev–Trinajstić information content (AvgIpc) is 2.18. The number of hydrogen-bond acceptors (Lipinski definition) is 3. The zero-order chi connectivity index (χ0) is 11.7. The van der Waals surface area contributed by atoms with Crippen LogP contribution in [0.15, 0.2) is 17.2 Å². The van der Waals surface area contributed by atoms with Crippen LogP contribution in [0.2, 0.25) is 0 Å². The van der Waals surface area contributed by atoms with Crippen molar-refractivity contribution in [2.45, 2.75) is 45.7 Å². The van der Waals surface area contributed by atoms with Crippen molar-refractivity contribution in [3.05, 3.63) is 22.7 Å². The zero-order valence-corrected chi connectivity index (χ0v) is 10.1. The van der Waals surface area contributed by atoms with Gasteiger partial charge in [0.25, 0.3) is 5.56 Å². The van der Waals surface area contributed by atoms with Crippen LogP contribution in [0.1, 0.15) is 39.7 Å². The Balaban J connectivity index is 2.15. The Morgan fingerprint density at radius 1 is 1.50 bits per heavy atom. The quantitative estimate of drug-likeness (QED) is 0.849. The van der Waals surface area contributed by atoms with E-state index in [9.17, 15) is 4.79 Å². The van der Waals surface area contributed by atoms with E-state index in [4.69, 9.17) is 0 Å². The van der Waals surface area contributed by atoms with E-state index < -0.39 is 0 Å². The maximum atomic E-state index is 12.0. The summed E-state index contributed by atoms with van der Waals surface area (Å²) in [4.78, 5) is 16.1. The summed E-state index contributed by atoms with van der Waals surface area (Å²) in [5, 5.41) is 3.23. The maximum absolute atomic E-state index is 12.0. The molecule has 1 heterocycles. The van der Waals surface area contributed by atoms with Gasteiger partial charge in [-0.3, -0.25) is 4.79 Å². The van der Waals surface area contributed by atoms with Crippen molar-refractivity contribution in [1.82, 2.24) is 9.55 Å². The molecule has 0 bridgehead atoms. The lowest BCUT2D eigenvalue weighted by atomic mass is 9.82. The highest BCUT2D eigenvalue weighted by molar-refractivity contribution is 5.33. The average molecular weight is 221 g/mol. The van der Waals surface area contributed by atoms with Gasteiger partial charge in [0.1, 0.15) is 0 Å². The smallest absolute Gasteiger partial charge is 0.293 e. The molecule has 0 atom stereocenters. The van der Waals surface area contributed by atoms with E-state index in [1.807, 2.05) is 13.8 Å². The molecule has 16 heavy (non-hydrogen) atoms. The Morgan fingerprint density at radius 3 is 2.75 bits per heavy atom. The first-order valence-corrected chi connectivity index (χ1v) is 5.91. The van der Waals surface area contributed by atoms with Crippen LogP contribution in [-0.2, 0) is 0 Å². The third kappa shape index (κ3) is 2.10. The fraction of sp³-hybridized carbons (Fsp3) is 0.667. The monoisotopic (exact) mass is 221 g/mol. The lowest BCUT2D eigenvalue weighted by Gasteiger charge is -2.33. The molecule has 0 amide bonds. The van der Waals surface area contributed by atoms with Crippen LogP contribution < -0.4 is 10.9 Å². The number of nitrogens with one attached hydrogen (secondary N) is 1. The second kappa shape index (κ2) is 4.28. The predicted molar refractivity (Wildman–Crippen MR) is 64.7 cm³/mol. The van der Waals surface area contributed by atoms with E-state index in [1.54, 1.807) is 17.0 Å². The van der Waals surface area contributed by atoms with Crippen LogP contribution in [0.25, 0.3) is 0 Å². The van der Waals surface area contributed by atoms with Gasteiger partial charge in [-0.25, -0.2) is 4.98 Å². The molecule has 1 aromatic rings. The van der Waals surface area contributed by atoms with Gasteiger partial charge >= 0.3 is 0 Å². The van der Waals surface area contributed by atoms with E-state index >= 15 is 0 Å². The van der Waals surface area contributed by atoms with Gasteiger partial charge in [0.2, 0.25) is 0 Å². The molecule has 1 aliphatic rings. The largest absolute Gasteiger partial charge is 0.363 e. The first-order chi connectivity index (χ1) is 7.58. The normalized spacial score (nSPS) is 24.2. The molecule has 1 N–H and O–H groups in total. The Morgan fingerprint density at radius 2 is 2.19 bits per heavy atom. The van der Waals surface area contributed by atoms with Crippen LogP contribution in [0.3, 0.4) is 0 Å². The summed E-state index contributed by atoms with van der Waals surface area (Å²) in [7, 11) is 0. The standard InChI is InChI=1S/C12H19N3O/c1-8(2)15-5-4-13-11(12(15)16)14-10-6-9(3)7-10/h4-5,8-10H,6-7H2,1-3H3,(H,13,14). The second-order valence-corrected chi connectivity index (χ2v) is 5.00. The van der Waals surface area contributed by atoms with Gasteiger partial charge in [0.15, 0.2) is 5.82 Å². The predicted octanol–water partition coefficient (Wildman–Crippen LogP) is 2.03. The van der Waals surface area contributed by atoms with Crippen molar-refractivity contribution < 1.29 is 0 Å². The number of aromatic nitrogens is 2. The van der Waals surface area contributed by atoms with Crippen molar-refractivity contribution in [2.75, 3.05) is 5.32 Å². The number of anilines is 1. The van der Waals surface area contributed by atoms with Gasteiger partial charge in [0.05, 0.1) is 0 Å². The lowest BCUT2D eigenvalue weighted by Crippen LogP contribution is -2.37. The Labute approximate surface area is 95.7 Å². The van der Waals surface area contributed by atoms with Gasteiger partial charge in [-0.2, -0.15) is 0 Å². The topological polar surface area (TPSA) is 46.9 Å². The minimum absolute atomic E-state index is 0.0166. The van der Waals surface area contributed by atoms with Crippen LogP contribution in [0.4, 0.5) is 5.82 Å². The summed E-state index contributed by atoms with van der Waals surface area (Å²) in [5.74, 6) is 1.27. The molecule has 1 fully saturated rings. The van der Waals surface area contributed by atoms with E-state index in [0.29, 0.717) is 11.9 Å². The molecule has 0 aromatic carbocycles. The van der Waals surface area contributed by atoms with E-state index in [2.05, 4.69) is 17.2 Å². The number of rotatable bonds is 3. The molecule has 0 radical (unpaired) electrons. The van der Waals surface area contributed by atoms with Gasteiger partial charge in [-0.1, -0.05) is 6.92 Å². The number of nitrogens with zero attached hydrogens (tertiary/aromatic N) is 2. The van der Waals surface area contributed by atoms with Crippen LogP contribution in [0, 0.1) is 5.92 Å². The highest BCUT2D eigenvalue weighted by atomic mass is 16.1. The van der Waals surface area contributed by atoms with E-state index in [1.165, 1.54) is 0 Å². The minimum Gasteiger partial charge on any atom is -0.363 e. The second-order valence-electron chi connectivity index (χ2n) is 5.00. The fourth-order valence-electron chi connectivity index (χ4n) is 2.14. The first-order valence-electron chi connectivity index (χ1n) is 5.91. The van der Waals surface area contributed by atoms with Gasteiger partial charge in [0, 0.05) is 24.5 Å². The molecule has 0 unspecified atom stereocenters. The van der Waals surface area contributed by atoms with Crippen molar-refractivity contribution in [2.24, 2.45) is 5.92 Å². The molecule has 0 spiro atoms. The SMILES string of the molecule is CC1CC(Nc2nccn(C(C)C)c2=O)C1. The van der Waals surface area contributed by atoms with Crippen molar-refractivity contribution in [3.63, 3.8) is 0 Å². The Kier molecular flexibility index (Phi) is 2.99.